The summed E-state index contributed by atoms with van der Waals surface area (Å²) < 4.78 is 6.22. The van der Waals surface area contributed by atoms with Gasteiger partial charge in [0.2, 0.25) is 5.89 Å². The van der Waals surface area contributed by atoms with Crippen LogP contribution < -0.4 is 0 Å². The van der Waals surface area contributed by atoms with E-state index in [0.717, 1.165) is 55.6 Å². The number of aromatic nitrogens is 4. The standard InChI is InChI=1S/C41H25N5O/c42-26-27-11-13-28(14-12-27)29-17-21-34(22-18-29)41-43-36-24-23-35(25-37(36)47-41)30-15-19-33(20-16-30)40-45-38(31-7-3-1-4-8-31)44-39(46-40)32-9-5-2-6-10-32/h1-25H. The van der Waals surface area contributed by atoms with Crippen molar-refractivity contribution in [1.29, 1.82) is 5.26 Å². The van der Waals surface area contributed by atoms with Gasteiger partial charge in [0, 0.05) is 22.3 Å². The summed E-state index contributed by atoms with van der Waals surface area (Å²) in [5, 5.41) is 9.07. The number of hydrogen-bond donors (Lipinski definition) is 0. The number of benzene rings is 6. The molecular weight excluding hydrogens is 578 g/mol. The van der Waals surface area contributed by atoms with Crippen LogP contribution in [0, 0.1) is 11.3 Å². The maximum absolute atomic E-state index is 9.07. The minimum Gasteiger partial charge on any atom is -0.436 e. The molecule has 0 amide bonds. The molecule has 6 nitrogen and oxygen atoms in total. The van der Waals surface area contributed by atoms with Crippen molar-refractivity contribution in [3.8, 4) is 73.9 Å². The average Bonchev–Trinajstić information content (AvgIpc) is 3.59. The predicted octanol–water partition coefficient (Wildman–Crippen LogP) is 9.89. The van der Waals surface area contributed by atoms with Crippen LogP contribution in [0.2, 0.25) is 0 Å². The summed E-state index contributed by atoms with van der Waals surface area (Å²) >= 11 is 0. The highest BCUT2D eigenvalue weighted by Gasteiger charge is 2.14. The van der Waals surface area contributed by atoms with Gasteiger partial charge in [-0.25, -0.2) is 19.9 Å². The van der Waals surface area contributed by atoms with Crippen molar-refractivity contribution in [3.63, 3.8) is 0 Å². The zero-order valence-corrected chi connectivity index (χ0v) is 25.1. The lowest BCUT2D eigenvalue weighted by molar-refractivity contribution is 0.620. The molecule has 0 spiro atoms. The molecule has 0 N–H and O–H groups in total. The van der Waals surface area contributed by atoms with Crippen LogP contribution in [0.15, 0.2) is 156 Å². The third-order valence-corrected chi connectivity index (χ3v) is 8.04. The smallest absolute Gasteiger partial charge is 0.227 e. The molecule has 0 bridgehead atoms. The van der Waals surface area contributed by atoms with Gasteiger partial charge < -0.3 is 4.42 Å². The first-order chi connectivity index (χ1) is 23.2. The first-order valence-corrected chi connectivity index (χ1v) is 15.2. The maximum atomic E-state index is 9.07. The summed E-state index contributed by atoms with van der Waals surface area (Å²) in [6, 6.07) is 52.0. The van der Waals surface area contributed by atoms with E-state index in [2.05, 4.69) is 24.3 Å². The maximum Gasteiger partial charge on any atom is 0.227 e. The Morgan fingerprint density at radius 2 is 0.830 bits per heavy atom. The molecule has 6 aromatic carbocycles. The minimum absolute atomic E-state index is 0.567. The molecule has 0 saturated heterocycles. The highest BCUT2D eigenvalue weighted by molar-refractivity contribution is 5.83. The molecule has 47 heavy (non-hydrogen) atoms. The van der Waals surface area contributed by atoms with E-state index in [1.54, 1.807) is 0 Å². The molecule has 0 aliphatic heterocycles. The molecule has 8 aromatic rings. The van der Waals surface area contributed by atoms with Gasteiger partial charge in [0.05, 0.1) is 11.6 Å². The van der Waals surface area contributed by atoms with Crippen molar-refractivity contribution in [2.24, 2.45) is 0 Å². The Morgan fingerprint density at radius 3 is 1.36 bits per heavy atom. The quantitative estimate of drug-likeness (QED) is 0.188. The van der Waals surface area contributed by atoms with Crippen molar-refractivity contribution >= 4 is 11.1 Å². The SMILES string of the molecule is N#Cc1ccc(-c2ccc(-c3nc4ccc(-c5ccc(-c6nc(-c7ccccc7)nc(-c7ccccc7)n6)cc5)cc4o3)cc2)cc1. The lowest BCUT2D eigenvalue weighted by Gasteiger charge is -2.09. The van der Waals surface area contributed by atoms with Gasteiger partial charge in [0.15, 0.2) is 23.1 Å². The van der Waals surface area contributed by atoms with E-state index in [1.807, 2.05) is 133 Å². The number of hydrogen-bond acceptors (Lipinski definition) is 6. The second kappa shape index (κ2) is 12.0. The minimum atomic E-state index is 0.567. The van der Waals surface area contributed by atoms with Crippen LogP contribution in [0.25, 0.3) is 79.0 Å². The Kier molecular flexibility index (Phi) is 7.10. The van der Waals surface area contributed by atoms with Crippen LogP contribution in [0.3, 0.4) is 0 Å². The molecule has 0 fully saturated rings. The largest absolute Gasteiger partial charge is 0.436 e. The molecule has 0 radical (unpaired) electrons. The number of rotatable bonds is 6. The van der Waals surface area contributed by atoms with Gasteiger partial charge in [0.1, 0.15) is 5.52 Å². The number of fused-ring (bicyclic) bond motifs is 1. The van der Waals surface area contributed by atoms with Crippen LogP contribution >= 0.6 is 0 Å². The van der Waals surface area contributed by atoms with E-state index in [-0.39, 0.29) is 0 Å². The third kappa shape index (κ3) is 5.66. The highest BCUT2D eigenvalue weighted by Crippen LogP contribution is 2.32. The number of nitrogens with zero attached hydrogens (tertiary/aromatic N) is 5. The van der Waals surface area contributed by atoms with Crippen LogP contribution in [0.1, 0.15) is 5.56 Å². The molecule has 2 heterocycles. The Hall–Kier alpha value is -6.71. The number of oxazole rings is 1. The molecule has 6 heteroatoms. The van der Waals surface area contributed by atoms with Gasteiger partial charge in [-0.2, -0.15) is 5.26 Å². The predicted molar refractivity (Wildman–Crippen MR) is 185 cm³/mol. The van der Waals surface area contributed by atoms with Crippen molar-refractivity contribution in [2.75, 3.05) is 0 Å². The van der Waals surface area contributed by atoms with E-state index < -0.39 is 0 Å². The molecular formula is C41H25N5O. The van der Waals surface area contributed by atoms with Crippen molar-refractivity contribution in [1.82, 2.24) is 19.9 Å². The fourth-order valence-corrected chi connectivity index (χ4v) is 5.52. The fraction of sp³-hybridized carbons (Fsp3) is 0. The van der Waals surface area contributed by atoms with Crippen LogP contribution in [0.4, 0.5) is 0 Å². The molecule has 2 aromatic heterocycles. The van der Waals surface area contributed by atoms with Gasteiger partial charge >= 0.3 is 0 Å². The Morgan fingerprint density at radius 1 is 0.404 bits per heavy atom. The molecule has 0 unspecified atom stereocenters. The van der Waals surface area contributed by atoms with E-state index in [9.17, 15) is 0 Å². The van der Waals surface area contributed by atoms with Crippen molar-refractivity contribution in [2.45, 2.75) is 0 Å². The Bertz CT molecular complexity index is 2320. The van der Waals surface area contributed by atoms with Gasteiger partial charge in [-0.3, -0.25) is 0 Å². The zero-order valence-electron chi connectivity index (χ0n) is 25.1. The summed E-state index contributed by atoms with van der Waals surface area (Å²) in [6.45, 7) is 0. The van der Waals surface area contributed by atoms with Gasteiger partial charge in [-0.05, 0) is 58.7 Å². The first kappa shape index (κ1) is 27.8. The summed E-state index contributed by atoms with van der Waals surface area (Å²) in [5.74, 6) is 2.45. The van der Waals surface area contributed by atoms with E-state index >= 15 is 0 Å². The monoisotopic (exact) mass is 603 g/mol. The summed E-state index contributed by atoms with van der Waals surface area (Å²) in [5.41, 5.74) is 10.00. The van der Waals surface area contributed by atoms with Crippen molar-refractivity contribution in [3.05, 3.63) is 157 Å². The second-order valence-electron chi connectivity index (χ2n) is 11.1. The Labute approximate surface area is 271 Å². The van der Waals surface area contributed by atoms with E-state index in [0.29, 0.717) is 28.9 Å². The van der Waals surface area contributed by atoms with Crippen molar-refractivity contribution < 1.29 is 4.42 Å². The molecule has 0 aliphatic rings. The van der Waals surface area contributed by atoms with Gasteiger partial charge in [-0.1, -0.05) is 115 Å². The summed E-state index contributed by atoms with van der Waals surface area (Å²) in [6.07, 6.45) is 0. The van der Waals surface area contributed by atoms with E-state index in [4.69, 9.17) is 29.6 Å². The molecule has 8 rings (SSSR count). The normalized spacial score (nSPS) is 11.0. The average molecular weight is 604 g/mol. The first-order valence-electron chi connectivity index (χ1n) is 15.2. The lowest BCUT2D eigenvalue weighted by Crippen LogP contribution is -2.00. The van der Waals surface area contributed by atoms with Crippen LogP contribution in [-0.2, 0) is 0 Å². The van der Waals surface area contributed by atoms with Gasteiger partial charge in [0.25, 0.3) is 0 Å². The molecule has 0 saturated carbocycles. The summed E-state index contributed by atoms with van der Waals surface area (Å²) in [4.78, 5) is 19.2. The zero-order chi connectivity index (χ0) is 31.6. The van der Waals surface area contributed by atoms with Crippen LogP contribution in [-0.4, -0.2) is 19.9 Å². The fourth-order valence-electron chi connectivity index (χ4n) is 5.52. The van der Waals surface area contributed by atoms with Crippen LogP contribution in [0.5, 0.6) is 0 Å². The highest BCUT2D eigenvalue weighted by atomic mass is 16.3. The molecule has 0 aliphatic carbocycles. The molecule has 0 atom stereocenters. The van der Waals surface area contributed by atoms with Gasteiger partial charge in [-0.15, -0.1) is 0 Å². The Balaban J connectivity index is 1.07. The second-order valence-corrected chi connectivity index (χ2v) is 11.1. The topological polar surface area (TPSA) is 88.5 Å². The van der Waals surface area contributed by atoms with E-state index in [1.165, 1.54) is 0 Å². The third-order valence-electron chi connectivity index (χ3n) is 8.04. The lowest BCUT2D eigenvalue weighted by atomic mass is 10.0. The molecule has 220 valence electrons. The number of nitriles is 1. The summed E-state index contributed by atoms with van der Waals surface area (Å²) in [7, 11) is 0.